The third-order valence-electron chi connectivity index (χ3n) is 5.85. The van der Waals surface area contributed by atoms with Gasteiger partial charge in [-0.3, -0.25) is 4.79 Å². The lowest BCUT2D eigenvalue weighted by atomic mass is 9.95. The van der Waals surface area contributed by atoms with Crippen molar-refractivity contribution in [3.05, 3.63) is 35.9 Å². The van der Waals surface area contributed by atoms with E-state index in [1.54, 1.807) is 13.8 Å². The van der Waals surface area contributed by atoms with Gasteiger partial charge in [-0.25, -0.2) is 9.59 Å². The Labute approximate surface area is 182 Å². The van der Waals surface area contributed by atoms with E-state index in [-0.39, 0.29) is 49.9 Å². The van der Waals surface area contributed by atoms with E-state index in [4.69, 9.17) is 18.9 Å². The fourth-order valence-electron chi connectivity index (χ4n) is 4.43. The molecule has 2 aliphatic rings. The molecule has 2 aliphatic heterocycles. The molecule has 3 rings (SSSR count). The number of piperidine rings is 1. The molecular formula is C23H31NO7. The van der Waals surface area contributed by atoms with Gasteiger partial charge in [0.1, 0.15) is 13.2 Å². The molecule has 0 spiro atoms. The third kappa shape index (κ3) is 5.97. The van der Waals surface area contributed by atoms with Crippen LogP contribution in [-0.4, -0.2) is 67.5 Å². The number of nitrogens with zero attached hydrogens (tertiary/aromatic N) is 1. The molecule has 0 aromatic heterocycles. The Morgan fingerprint density at radius 1 is 0.968 bits per heavy atom. The number of benzene rings is 1. The van der Waals surface area contributed by atoms with Crippen LogP contribution in [0.5, 0.6) is 0 Å². The summed E-state index contributed by atoms with van der Waals surface area (Å²) in [4.78, 5) is 38.6. The van der Waals surface area contributed by atoms with Crippen molar-refractivity contribution in [3.63, 3.8) is 0 Å². The van der Waals surface area contributed by atoms with Crippen molar-refractivity contribution in [1.29, 1.82) is 0 Å². The first-order chi connectivity index (χ1) is 15.0. The van der Waals surface area contributed by atoms with Crippen LogP contribution in [0.15, 0.2) is 30.3 Å². The quantitative estimate of drug-likeness (QED) is 0.549. The molecule has 8 nitrogen and oxygen atoms in total. The minimum atomic E-state index is -0.792. The predicted octanol–water partition coefficient (Wildman–Crippen LogP) is 3.68. The van der Waals surface area contributed by atoms with Gasteiger partial charge >= 0.3 is 12.2 Å². The molecule has 1 amide bonds. The minimum Gasteiger partial charge on any atom is -0.450 e. The Morgan fingerprint density at radius 2 is 1.61 bits per heavy atom. The second-order valence-electron chi connectivity index (χ2n) is 7.82. The highest BCUT2D eigenvalue weighted by molar-refractivity contribution is 5.87. The van der Waals surface area contributed by atoms with E-state index in [0.29, 0.717) is 19.4 Å². The van der Waals surface area contributed by atoms with Crippen LogP contribution in [0.1, 0.15) is 51.0 Å². The van der Waals surface area contributed by atoms with E-state index in [1.807, 2.05) is 35.2 Å². The Morgan fingerprint density at radius 3 is 2.23 bits per heavy atom. The second kappa shape index (κ2) is 11.1. The van der Waals surface area contributed by atoms with Crippen LogP contribution in [0.4, 0.5) is 9.59 Å². The van der Waals surface area contributed by atoms with Crippen LogP contribution in [0.25, 0.3) is 0 Å². The zero-order chi connectivity index (χ0) is 22.2. The topological polar surface area (TPSA) is 91.4 Å². The first kappa shape index (κ1) is 23.1. The van der Waals surface area contributed by atoms with E-state index in [9.17, 15) is 14.4 Å². The van der Waals surface area contributed by atoms with Crippen molar-refractivity contribution in [3.8, 4) is 0 Å². The number of Topliss-reactive ketones (excluding diaryl/α,β-unsaturated/α-hetero) is 1. The van der Waals surface area contributed by atoms with E-state index < -0.39 is 12.1 Å². The molecular weight excluding hydrogens is 402 g/mol. The van der Waals surface area contributed by atoms with Gasteiger partial charge in [-0.05, 0) is 45.1 Å². The molecule has 0 N–H and O–H groups in total. The molecule has 31 heavy (non-hydrogen) atoms. The lowest BCUT2D eigenvalue weighted by Gasteiger charge is -2.37. The third-order valence-corrected chi connectivity index (χ3v) is 5.85. The van der Waals surface area contributed by atoms with E-state index in [1.165, 1.54) is 0 Å². The summed E-state index contributed by atoms with van der Waals surface area (Å²) in [5, 5.41) is 0. The fraction of sp³-hybridized carbons (Fsp3) is 0.609. The smallest absolute Gasteiger partial charge is 0.450 e. The number of hydrogen-bond acceptors (Lipinski definition) is 7. The highest BCUT2D eigenvalue weighted by Gasteiger charge is 2.44. The monoisotopic (exact) mass is 433 g/mol. The number of rotatable bonds is 9. The number of carbonyl (C=O) groups is 3. The standard InChI is InChI=1S/C23H31NO7/c1-3-28-22(26)24-17-10-11-18(24)13-19(12-17)30-15-21(25)20(14-31-23(27)29-4-2)16-8-6-5-7-9-16/h5-9,17-20H,3-4,10-15H2,1-2H3/t17?,18?,19?,20-/m1/s1. The predicted molar refractivity (Wildman–Crippen MR) is 112 cm³/mol. The fourth-order valence-corrected chi connectivity index (χ4v) is 4.43. The Hall–Kier alpha value is -2.61. The first-order valence-corrected chi connectivity index (χ1v) is 11.0. The van der Waals surface area contributed by atoms with E-state index >= 15 is 0 Å². The molecule has 0 radical (unpaired) electrons. The van der Waals surface area contributed by atoms with Crippen molar-refractivity contribution in [1.82, 2.24) is 4.90 Å². The minimum absolute atomic E-state index is 0.0741. The van der Waals surface area contributed by atoms with Crippen LogP contribution in [0, 0.1) is 0 Å². The summed E-state index contributed by atoms with van der Waals surface area (Å²) in [6.07, 6.45) is 2.10. The average Bonchev–Trinajstić information content (AvgIpc) is 3.04. The number of ether oxygens (including phenoxy) is 4. The van der Waals surface area contributed by atoms with Crippen molar-refractivity contribution in [2.75, 3.05) is 26.4 Å². The zero-order valence-electron chi connectivity index (χ0n) is 18.2. The van der Waals surface area contributed by atoms with Crippen LogP contribution < -0.4 is 0 Å². The Balaban J connectivity index is 1.56. The lowest BCUT2D eigenvalue weighted by Crippen LogP contribution is -2.49. The summed E-state index contributed by atoms with van der Waals surface area (Å²) in [5.41, 5.74) is 0.762. The maximum atomic E-state index is 13.0. The van der Waals surface area contributed by atoms with Crippen LogP contribution >= 0.6 is 0 Å². The SMILES string of the molecule is CCOC(=O)OC[C@@H](C(=O)COC1CC2CCC(C1)N2C(=O)OCC)c1ccccc1. The molecule has 170 valence electrons. The molecule has 3 atom stereocenters. The van der Waals surface area contributed by atoms with Gasteiger partial charge in [-0.1, -0.05) is 30.3 Å². The number of ketones is 1. The summed E-state index contributed by atoms with van der Waals surface area (Å²) >= 11 is 0. The molecule has 2 saturated heterocycles. The Bertz CT molecular complexity index is 740. The molecule has 2 unspecified atom stereocenters. The average molecular weight is 434 g/mol. The normalized spacial score (nSPS) is 23.2. The molecule has 2 fully saturated rings. The van der Waals surface area contributed by atoms with Gasteiger partial charge in [0.15, 0.2) is 5.78 Å². The summed E-state index contributed by atoms with van der Waals surface area (Å²) < 4.78 is 21.1. The Kier molecular flexibility index (Phi) is 8.28. The summed E-state index contributed by atoms with van der Waals surface area (Å²) in [6, 6.07) is 9.38. The maximum absolute atomic E-state index is 13.0. The van der Waals surface area contributed by atoms with Crippen molar-refractivity contribution in [2.45, 2.75) is 63.6 Å². The van der Waals surface area contributed by atoms with Gasteiger partial charge in [0, 0.05) is 12.1 Å². The van der Waals surface area contributed by atoms with Gasteiger partial charge < -0.3 is 23.8 Å². The van der Waals surface area contributed by atoms with Gasteiger partial charge in [-0.2, -0.15) is 0 Å². The van der Waals surface area contributed by atoms with Crippen molar-refractivity contribution >= 4 is 18.0 Å². The second-order valence-corrected chi connectivity index (χ2v) is 7.82. The lowest BCUT2D eigenvalue weighted by molar-refractivity contribution is -0.129. The van der Waals surface area contributed by atoms with Gasteiger partial charge in [0.05, 0.1) is 25.2 Å². The maximum Gasteiger partial charge on any atom is 0.508 e. The van der Waals surface area contributed by atoms with Crippen molar-refractivity contribution in [2.24, 2.45) is 0 Å². The molecule has 0 aliphatic carbocycles. The molecule has 2 heterocycles. The summed E-state index contributed by atoms with van der Waals surface area (Å²) in [7, 11) is 0. The number of hydrogen-bond donors (Lipinski definition) is 0. The van der Waals surface area contributed by atoms with Crippen LogP contribution in [-0.2, 0) is 23.7 Å². The van der Waals surface area contributed by atoms with Gasteiger partial charge in [-0.15, -0.1) is 0 Å². The molecule has 1 aromatic rings. The number of amides is 1. The zero-order valence-corrected chi connectivity index (χ0v) is 18.2. The largest absolute Gasteiger partial charge is 0.508 e. The van der Waals surface area contributed by atoms with Crippen LogP contribution in [0.2, 0.25) is 0 Å². The van der Waals surface area contributed by atoms with Crippen molar-refractivity contribution < 1.29 is 33.3 Å². The number of fused-ring (bicyclic) bond motifs is 2. The highest BCUT2D eigenvalue weighted by atomic mass is 16.7. The molecule has 1 aromatic carbocycles. The molecule has 2 bridgehead atoms. The number of carbonyl (C=O) groups excluding carboxylic acids is 3. The summed E-state index contributed by atoms with van der Waals surface area (Å²) in [5.74, 6) is -0.780. The highest BCUT2D eigenvalue weighted by Crippen LogP contribution is 2.37. The van der Waals surface area contributed by atoms with E-state index in [0.717, 1.165) is 18.4 Å². The van der Waals surface area contributed by atoms with Gasteiger partial charge in [0.2, 0.25) is 0 Å². The summed E-state index contributed by atoms with van der Waals surface area (Å²) in [6.45, 7) is 3.88. The first-order valence-electron chi connectivity index (χ1n) is 11.0. The molecule has 8 heteroatoms. The molecule has 0 saturated carbocycles. The van der Waals surface area contributed by atoms with Gasteiger partial charge in [0.25, 0.3) is 0 Å². The van der Waals surface area contributed by atoms with Crippen LogP contribution in [0.3, 0.4) is 0 Å². The van der Waals surface area contributed by atoms with E-state index in [2.05, 4.69) is 0 Å².